The summed E-state index contributed by atoms with van der Waals surface area (Å²) in [7, 11) is 3.62. The van der Waals surface area contributed by atoms with Gasteiger partial charge in [0.05, 0.1) is 7.11 Å². The van der Waals surface area contributed by atoms with Crippen LogP contribution in [-0.2, 0) is 11.8 Å². The average Bonchev–Trinajstić information content (AvgIpc) is 3.34. The summed E-state index contributed by atoms with van der Waals surface area (Å²) in [6.07, 6.45) is 3.45. The van der Waals surface area contributed by atoms with Gasteiger partial charge < -0.3 is 15.0 Å². The molecule has 1 aliphatic heterocycles. The minimum Gasteiger partial charge on any atom is -0.496 e. The van der Waals surface area contributed by atoms with Crippen LogP contribution in [-0.4, -0.2) is 33.2 Å². The number of aliphatic imine (C=N–C) groups is 1. The summed E-state index contributed by atoms with van der Waals surface area (Å²) in [5.74, 6) is 1.95. The standard InChI is InChI=1S/C21H25N3O/c1-22-20(24-14-11-16-7-3-5-9-18(16)24)23-15-21(12-13-21)17-8-4-6-10-19(17)25-2/h3-10H,11-15H2,1-2H3,(H,22,23). The van der Waals surface area contributed by atoms with Crippen molar-refractivity contribution in [1.29, 1.82) is 0 Å². The number of methoxy groups -OCH3 is 1. The molecule has 0 bridgehead atoms. The molecule has 4 nitrogen and oxygen atoms in total. The summed E-state index contributed by atoms with van der Waals surface area (Å²) in [5.41, 5.74) is 4.15. The number of nitrogens with zero attached hydrogens (tertiary/aromatic N) is 2. The summed E-state index contributed by atoms with van der Waals surface area (Å²) in [5, 5.41) is 3.63. The molecular weight excluding hydrogens is 310 g/mol. The van der Waals surface area contributed by atoms with Crippen molar-refractivity contribution >= 4 is 11.6 Å². The van der Waals surface area contributed by atoms with Crippen molar-refractivity contribution in [2.75, 3.05) is 32.1 Å². The lowest BCUT2D eigenvalue weighted by Crippen LogP contribution is -2.43. The van der Waals surface area contributed by atoms with Gasteiger partial charge in [-0.05, 0) is 37.0 Å². The Labute approximate surface area is 149 Å². The lowest BCUT2D eigenvalue weighted by atomic mass is 9.95. The number of ether oxygens (including phenoxy) is 1. The molecule has 0 atom stereocenters. The highest BCUT2D eigenvalue weighted by molar-refractivity contribution is 5.98. The second kappa shape index (κ2) is 6.43. The number of rotatable bonds is 4. The van der Waals surface area contributed by atoms with Crippen molar-refractivity contribution < 1.29 is 4.74 Å². The topological polar surface area (TPSA) is 36.9 Å². The number of hydrogen-bond donors (Lipinski definition) is 1. The Morgan fingerprint density at radius 1 is 1.16 bits per heavy atom. The van der Waals surface area contributed by atoms with Gasteiger partial charge in [-0.15, -0.1) is 0 Å². The van der Waals surface area contributed by atoms with E-state index in [0.717, 1.165) is 31.2 Å². The molecule has 0 amide bonds. The first-order valence-electron chi connectivity index (χ1n) is 8.97. The first-order valence-corrected chi connectivity index (χ1v) is 8.97. The fourth-order valence-electron chi connectivity index (χ4n) is 3.88. The summed E-state index contributed by atoms with van der Waals surface area (Å²) >= 11 is 0. The molecule has 4 heteroatoms. The molecule has 4 rings (SSSR count). The van der Waals surface area contributed by atoms with Crippen LogP contribution in [0.2, 0.25) is 0 Å². The Bertz CT molecular complexity index is 795. The van der Waals surface area contributed by atoms with E-state index in [1.165, 1.54) is 29.7 Å². The molecule has 0 unspecified atom stereocenters. The summed E-state index contributed by atoms with van der Waals surface area (Å²) in [6.45, 7) is 1.87. The van der Waals surface area contributed by atoms with E-state index >= 15 is 0 Å². The van der Waals surface area contributed by atoms with Gasteiger partial charge in [-0.25, -0.2) is 0 Å². The molecule has 0 aromatic heterocycles. The normalized spacial score (nSPS) is 18.0. The van der Waals surface area contributed by atoms with Crippen LogP contribution in [0.25, 0.3) is 0 Å². The van der Waals surface area contributed by atoms with E-state index in [1.807, 2.05) is 13.1 Å². The molecule has 1 N–H and O–H groups in total. The van der Waals surface area contributed by atoms with Crippen LogP contribution in [0.4, 0.5) is 5.69 Å². The van der Waals surface area contributed by atoms with Crippen LogP contribution in [0.1, 0.15) is 24.0 Å². The smallest absolute Gasteiger partial charge is 0.198 e. The van der Waals surface area contributed by atoms with Gasteiger partial charge in [0.25, 0.3) is 0 Å². The Morgan fingerprint density at radius 3 is 2.68 bits per heavy atom. The van der Waals surface area contributed by atoms with Crippen molar-refractivity contribution in [1.82, 2.24) is 5.32 Å². The Hall–Kier alpha value is -2.49. The van der Waals surface area contributed by atoms with Gasteiger partial charge in [-0.2, -0.15) is 0 Å². The number of nitrogens with one attached hydrogen (secondary N) is 1. The molecular formula is C21H25N3O. The third kappa shape index (κ3) is 2.86. The van der Waals surface area contributed by atoms with Crippen LogP contribution in [0, 0.1) is 0 Å². The third-order valence-electron chi connectivity index (χ3n) is 5.47. The second-order valence-electron chi connectivity index (χ2n) is 6.91. The Morgan fingerprint density at radius 2 is 1.92 bits per heavy atom. The molecule has 2 aromatic carbocycles. The van der Waals surface area contributed by atoms with Crippen molar-refractivity contribution in [3.8, 4) is 5.75 Å². The van der Waals surface area contributed by atoms with Crippen molar-refractivity contribution in [3.05, 3.63) is 59.7 Å². The molecule has 0 saturated heterocycles. The van der Waals surface area contributed by atoms with Crippen molar-refractivity contribution in [2.45, 2.75) is 24.7 Å². The van der Waals surface area contributed by atoms with E-state index in [2.05, 4.69) is 57.7 Å². The fraction of sp³-hybridized carbons (Fsp3) is 0.381. The maximum Gasteiger partial charge on any atom is 0.198 e. The minimum absolute atomic E-state index is 0.168. The quantitative estimate of drug-likeness (QED) is 0.687. The van der Waals surface area contributed by atoms with Crippen molar-refractivity contribution in [2.24, 2.45) is 4.99 Å². The SMILES string of the molecule is CN=C(NCC1(c2ccccc2OC)CC1)N1CCc2ccccc21. The highest BCUT2D eigenvalue weighted by Gasteiger charge is 2.46. The fourth-order valence-corrected chi connectivity index (χ4v) is 3.88. The maximum absolute atomic E-state index is 5.58. The molecule has 1 saturated carbocycles. The van der Waals surface area contributed by atoms with Gasteiger partial charge in [-0.1, -0.05) is 36.4 Å². The molecule has 1 fully saturated rings. The molecule has 2 aliphatic rings. The molecule has 1 aliphatic carbocycles. The van der Waals surface area contributed by atoms with E-state index in [-0.39, 0.29) is 5.41 Å². The monoisotopic (exact) mass is 335 g/mol. The molecule has 0 spiro atoms. The van der Waals surface area contributed by atoms with Crippen LogP contribution in [0.15, 0.2) is 53.5 Å². The third-order valence-corrected chi connectivity index (χ3v) is 5.47. The number of fused-ring (bicyclic) bond motifs is 1. The molecule has 130 valence electrons. The number of para-hydroxylation sites is 2. The summed E-state index contributed by atoms with van der Waals surface area (Å²) in [4.78, 5) is 6.84. The molecule has 25 heavy (non-hydrogen) atoms. The first-order chi connectivity index (χ1) is 12.3. The highest BCUT2D eigenvalue weighted by atomic mass is 16.5. The minimum atomic E-state index is 0.168. The number of anilines is 1. The van der Waals surface area contributed by atoms with Gasteiger partial charge in [0.2, 0.25) is 0 Å². The largest absolute Gasteiger partial charge is 0.496 e. The number of benzene rings is 2. The first kappa shape index (κ1) is 16.0. The van der Waals surface area contributed by atoms with Gasteiger partial charge in [0, 0.05) is 36.8 Å². The van der Waals surface area contributed by atoms with Crippen LogP contribution in [0.3, 0.4) is 0 Å². The highest BCUT2D eigenvalue weighted by Crippen LogP contribution is 2.50. The zero-order valence-electron chi connectivity index (χ0n) is 15.0. The van der Waals surface area contributed by atoms with Crippen LogP contribution in [0.5, 0.6) is 5.75 Å². The average molecular weight is 335 g/mol. The number of hydrogen-bond acceptors (Lipinski definition) is 2. The van der Waals surface area contributed by atoms with Crippen LogP contribution >= 0.6 is 0 Å². The van der Waals surface area contributed by atoms with Gasteiger partial charge in [-0.3, -0.25) is 4.99 Å². The van der Waals surface area contributed by atoms with Crippen LogP contribution < -0.4 is 15.0 Å². The number of guanidine groups is 1. The lowest BCUT2D eigenvalue weighted by molar-refractivity contribution is 0.403. The maximum atomic E-state index is 5.58. The van der Waals surface area contributed by atoms with E-state index in [9.17, 15) is 0 Å². The Kier molecular flexibility index (Phi) is 4.12. The zero-order valence-corrected chi connectivity index (χ0v) is 15.0. The predicted molar refractivity (Wildman–Crippen MR) is 103 cm³/mol. The summed E-state index contributed by atoms with van der Waals surface area (Å²) < 4.78 is 5.58. The van der Waals surface area contributed by atoms with Gasteiger partial charge in [0.15, 0.2) is 5.96 Å². The molecule has 0 radical (unpaired) electrons. The Balaban J connectivity index is 1.51. The predicted octanol–water partition coefficient (Wildman–Crippen LogP) is 3.36. The summed E-state index contributed by atoms with van der Waals surface area (Å²) in [6, 6.07) is 17.0. The van der Waals surface area contributed by atoms with Gasteiger partial charge in [0.1, 0.15) is 5.75 Å². The lowest BCUT2D eigenvalue weighted by Gasteiger charge is -2.25. The van der Waals surface area contributed by atoms with E-state index in [0.29, 0.717) is 0 Å². The van der Waals surface area contributed by atoms with E-state index in [4.69, 9.17) is 4.74 Å². The van der Waals surface area contributed by atoms with E-state index < -0.39 is 0 Å². The van der Waals surface area contributed by atoms with E-state index in [1.54, 1.807) is 7.11 Å². The molecule has 2 aromatic rings. The molecule has 1 heterocycles. The van der Waals surface area contributed by atoms with Crippen molar-refractivity contribution in [3.63, 3.8) is 0 Å². The van der Waals surface area contributed by atoms with Gasteiger partial charge >= 0.3 is 0 Å². The zero-order chi connectivity index (χ0) is 17.3. The second-order valence-corrected chi connectivity index (χ2v) is 6.91.